The largest absolute Gasteiger partial charge is 0.872 e. The Labute approximate surface area is 180 Å². The molecular weight excluding hydrogens is 426 g/mol. The summed E-state index contributed by atoms with van der Waals surface area (Å²) < 4.78 is 0. The number of benzene rings is 2. The number of phenols is 2. The molecule has 0 atom stereocenters. The molecule has 0 bridgehead atoms. The number of quaternary nitrogens is 1. The number of aromatic amines is 1. The number of aromatic nitrogens is 1. The SMILES string of the molecule is O=C(O)c1c([O-])cccc1O.O=C(O)c1c([O-])cccc1O.[NH3+]NC(=O)c1cc[nH+]cc1. The number of carbonyl (C=O) groups excluding carboxylic acids is 1. The van der Waals surface area contributed by atoms with Gasteiger partial charge in [-0.3, -0.25) is 10.6 Å². The quantitative estimate of drug-likeness (QED) is 0.263. The second-order valence-electron chi connectivity index (χ2n) is 5.71. The zero-order valence-corrected chi connectivity index (χ0v) is 16.3. The summed E-state index contributed by atoms with van der Waals surface area (Å²) >= 11 is 0. The molecule has 32 heavy (non-hydrogen) atoms. The van der Waals surface area contributed by atoms with E-state index in [9.17, 15) is 24.6 Å². The van der Waals surface area contributed by atoms with Crippen LogP contribution in [0.1, 0.15) is 31.1 Å². The first-order valence-electron chi connectivity index (χ1n) is 8.58. The summed E-state index contributed by atoms with van der Waals surface area (Å²) in [5.41, 5.74) is 1.73. The Morgan fingerprint density at radius 2 is 1.19 bits per heavy atom. The number of nitrogens with one attached hydrogen (secondary N) is 2. The molecule has 0 aliphatic carbocycles. The predicted molar refractivity (Wildman–Crippen MR) is 102 cm³/mol. The lowest BCUT2D eigenvalue weighted by Gasteiger charge is -2.09. The Morgan fingerprint density at radius 3 is 1.47 bits per heavy atom. The number of pyridine rings is 1. The average Bonchev–Trinajstić information content (AvgIpc) is 2.74. The Kier molecular flexibility index (Phi) is 9.44. The van der Waals surface area contributed by atoms with Crippen molar-refractivity contribution in [2.45, 2.75) is 0 Å². The van der Waals surface area contributed by atoms with Crippen LogP contribution in [-0.4, -0.2) is 38.3 Å². The lowest BCUT2D eigenvalue weighted by Crippen LogP contribution is -2.67. The highest BCUT2D eigenvalue weighted by atomic mass is 16.4. The summed E-state index contributed by atoms with van der Waals surface area (Å²) in [5, 5.41) is 56.0. The van der Waals surface area contributed by atoms with Gasteiger partial charge in [-0.1, -0.05) is 35.8 Å². The summed E-state index contributed by atoms with van der Waals surface area (Å²) in [5.74, 6) is -2.09. The van der Waals surface area contributed by atoms with E-state index in [1.807, 2.05) is 0 Å². The van der Waals surface area contributed by atoms with Crippen LogP contribution in [0.3, 0.4) is 0 Å². The number of hydrogen-bond acceptors (Lipinski definition) is 7. The van der Waals surface area contributed by atoms with E-state index in [1.165, 1.54) is 12.1 Å². The van der Waals surface area contributed by atoms with Gasteiger partial charge in [-0.25, -0.2) is 20.0 Å². The van der Waals surface area contributed by atoms with Gasteiger partial charge in [0.25, 0.3) is 5.91 Å². The molecule has 0 aliphatic heterocycles. The molecule has 1 amide bonds. The topological polar surface area (TPSA) is 232 Å². The molecule has 0 radical (unpaired) electrons. The third kappa shape index (κ3) is 7.20. The molecule has 0 unspecified atom stereocenters. The molecule has 0 fully saturated rings. The molecule has 12 nitrogen and oxygen atoms in total. The highest BCUT2D eigenvalue weighted by molar-refractivity contribution is 5.94. The maximum absolute atomic E-state index is 10.8. The van der Waals surface area contributed by atoms with Crippen molar-refractivity contribution in [3.63, 3.8) is 0 Å². The molecule has 12 heteroatoms. The number of hydrogen-bond donors (Lipinski definition) is 6. The number of aromatic hydroxyl groups is 2. The molecule has 168 valence electrons. The second kappa shape index (κ2) is 12.0. The standard InChI is InChI=1S/2C7H6O4.C6H7N3O/c2*8-4-2-1-3-5(9)6(4)7(10)11;7-9-6(10)5-1-3-8-4-2-5/h2*1-3,8-9H,(H,10,11);1-4H,7H2,(H,9,10). The lowest BCUT2D eigenvalue weighted by molar-refractivity contribution is -0.423. The van der Waals surface area contributed by atoms with Crippen molar-refractivity contribution in [1.82, 2.24) is 5.43 Å². The van der Waals surface area contributed by atoms with E-state index in [-0.39, 0.29) is 5.91 Å². The number of carboxylic acids is 2. The van der Waals surface area contributed by atoms with Gasteiger partial charge in [0, 0.05) is 12.1 Å². The van der Waals surface area contributed by atoms with E-state index in [2.05, 4.69) is 16.3 Å². The molecule has 1 aromatic heterocycles. The van der Waals surface area contributed by atoms with Gasteiger partial charge in [0.05, 0.1) is 16.7 Å². The second-order valence-corrected chi connectivity index (χ2v) is 5.71. The number of aromatic carboxylic acids is 2. The molecule has 0 saturated heterocycles. The fraction of sp³-hybridized carbons (Fsp3) is 0. The molecule has 0 spiro atoms. The van der Waals surface area contributed by atoms with Gasteiger partial charge in [-0.15, -0.1) is 0 Å². The van der Waals surface area contributed by atoms with E-state index >= 15 is 0 Å². The van der Waals surface area contributed by atoms with E-state index in [4.69, 9.17) is 20.4 Å². The highest BCUT2D eigenvalue weighted by Crippen LogP contribution is 2.24. The van der Waals surface area contributed by atoms with E-state index in [0.717, 1.165) is 24.3 Å². The van der Waals surface area contributed by atoms with Crippen LogP contribution in [-0.2, 0) is 0 Å². The first kappa shape index (κ1) is 25.2. The minimum Gasteiger partial charge on any atom is -0.872 e. The summed E-state index contributed by atoms with van der Waals surface area (Å²) in [7, 11) is 0. The third-order valence-corrected chi connectivity index (χ3v) is 3.58. The maximum atomic E-state index is 10.8. The van der Waals surface area contributed by atoms with Crippen molar-refractivity contribution >= 4 is 17.8 Å². The summed E-state index contributed by atoms with van der Waals surface area (Å²) in [6.07, 6.45) is 3.37. The average molecular weight is 445 g/mol. The molecule has 3 aromatic rings. The van der Waals surface area contributed by atoms with Crippen molar-refractivity contribution in [3.8, 4) is 23.0 Å². The zero-order chi connectivity index (χ0) is 24.3. The van der Waals surface area contributed by atoms with Gasteiger partial charge in [0.15, 0.2) is 12.4 Å². The number of rotatable bonds is 3. The van der Waals surface area contributed by atoms with Crippen molar-refractivity contribution < 1.29 is 55.8 Å². The van der Waals surface area contributed by atoms with Gasteiger partial charge in [-0.2, -0.15) is 0 Å². The van der Waals surface area contributed by atoms with Crippen LogP contribution in [0, 0.1) is 0 Å². The molecule has 2 aromatic carbocycles. The van der Waals surface area contributed by atoms with Gasteiger partial charge in [0.1, 0.15) is 11.5 Å². The van der Waals surface area contributed by atoms with Crippen LogP contribution in [0.5, 0.6) is 23.0 Å². The van der Waals surface area contributed by atoms with E-state index in [1.54, 1.807) is 24.5 Å². The van der Waals surface area contributed by atoms with Gasteiger partial charge < -0.3 is 30.6 Å². The third-order valence-electron chi connectivity index (χ3n) is 3.58. The first-order chi connectivity index (χ1) is 15.1. The molecule has 0 aliphatic rings. The minimum atomic E-state index is -1.41. The van der Waals surface area contributed by atoms with Crippen molar-refractivity contribution in [1.29, 1.82) is 0 Å². The lowest BCUT2D eigenvalue weighted by atomic mass is 10.2. The Balaban J connectivity index is 0.000000240. The summed E-state index contributed by atoms with van der Waals surface area (Å²) in [6.45, 7) is 0. The molecule has 0 saturated carbocycles. The normalized spacial score (nSPS) is 9.28. The van der Waals surface area contributed by atoms with Crippen molar-refractivity contribution in [3.05, 3.63) is 77.6 Å². The smallest absolute Gasteiger partial charge is 0.338 e. The number of carbonyl (C=O) groups is 3. The van der Waals surface area contributed by atoms with Crippen LogP contribution < -0.4 is 26.5 Å². The number of H-pyrrole nitrogens is 1. The number of carboxylic acid groups (broad SMARTS) is 2. The van der Waals surface area contributed by atoms with Gasteiger partial charge in [-0.05, 0) is 12.1 Å². The van der Waals surface area contributed by atoms with Crippen LogP contribution in [0.4, 0.5) is 0 Å². The fourth-order valence-corrected chi connectivity index (χ4v) is 2.11. The fourth-order valence-electron chi connectivity index (χ4n) is 2.11. The Morgan fingerprint density at radius 1 is 0.781 bits per heavy atom. The predicted octanol–water partition coefficient (Wildman–Crippen LogP) is -1.28. The van der Waals surface area contributed by atoms with E-state index < -0.39 is 46.1 Å². The minimum absolute atomic E-state index is 0.172. The van der Waals surface area contributed by atoms with Crippen molar-refractivity contribution in [2.24, 2.45) is 0 Å². The van der Waals surface area contributed by atoms with Crippen LogP contribution >= 0.6 is 0 Å². The van der Waals surface area contributed by atoms with Crippen molar-refractivity contribution in [2.75, 3.05) is 0 Å². The molecular formula is C20H19N3O9. The number of amides is 1. The van der Waals surface area contributed by atoms with Crippen LogP contribution in [0.15, 0.2) is 60.9 Å². The Hall–Kier alpha value is -4.84. The monoisotopic (exact) mass is 445 g/mol. The summed E-state index contributed by atoms with van der Waals surface area (Å²) in [6, 6.07) is 10.4. The summed E-state index contributed by atoms with van der Waals surface area (Å²) in [4.78, 5) is 34.2. The molecule has 3 rings (SSSR count). The molecule has 9 N–H and O–H groups in total. The Bertz CT molecular complexity index is 987. The van der Waals surface area contributed by atoms with E-state index in [0.29, 0.717) is 5.56 Å². The maximum Gasteiger partial charge on any atom is 0.338 e. The first-order valence-corrected chi connectivity index (χ1v) is 8.58. The van der Waals surface area contributed by atoms with Gasteiger partial charge in [0.2, 0.25) is 0 Å². The zero-order valence-electron chi connectivity index (χ0n) is 16.3. The van der Waals surface area contributed by atoms with Crippen LogP contribution in [0.2, 0.25) is 0 Å². The molecule has 1 heterocycles. The van der Waals surface area contributed by atoms with Crippen LogP contribution in [0.25, 0.3) is 0 Å². The highest BCUT2D eigenvalue weighted by Gasteiger charge is 2.09. The van der Waals surface area contributed by atoms with Gasteiger partial charge >= 0.3 is 11.9 Å².